The van der Waals surface area contributed by atoms with Crippen molar-refractivity contribution in [3.05, 3.63) is 47.0 Å². The Bertz CT molecular complexity index is 425. The van der Waals surface area contributed by atoms with Crippen LogP contribution in [0.2, 0.25) is 0 Å². The summed E-state index contributed by atoms with van der Waals surface area (Å²) in [5, 5.41) is 3.05. The molecule has 2 atom stereocenters. The van der Waals surface area contributed by atoms with E-state index in [0.717, 1.165) is 10.9 Å². The maximum Gasteiger partial charge on any atom is 0.217 e. The number of nitrogens with one attached hydrogen (secondary N) is 1. The fourth-order valence-electron chi connectivity index (χ4n) is 2.28. The number of carbonyl (C=O) groups excluding carboxylic acids is 1. The lowest BCUT2D eigenvalue weighted by molar-refractivity contribution is -0.119. The Labute approximate surface area is 124 Å². The summed E-state index contributed by atoms with van der Waals surface area (Å²) < 4.78 is 1.05. The summed E-state index contributed by atoms with van der Waals surface area (Å²) in [4.78, 5) is 11.4. The van der Waals surface area contributed by atoms with E-state index in [4.69, 9.17) is 0 Å². The van der Waals surface area contributed by atoms with Crippen molar-refractivity contribution in [2.45, 2.75) is 39.2 Å². The summed E-state index contributed by atoms with van der Waals surface area (Å²) in [5.41, 5.74) is 1.18. The van der Waals surface area contributed by atoms with Crippen molar-refractivity contribution >= 4 is 21.8 Å². The molecule has 0 saturated carbocycles. The highest BCUT2D eigenvalue weighted by molar-refractivity contribution is 9.10. The van der Waals surface area contributed by atoms with Crippen molar-refractivity contribution in [1.82, 2.24) is 5.32 Å². The highest BCUT2D eigenvalue weighted by atomic mass is 79.9. The van der Waals surface area contributed by atoms with E-state index in [1.807, 2.05) is 18.2 Å². The van der Waals surface area contributed by atoms with Gasteiger partial charge in [0.2, 0.25) is 5.91 Å². The van der Waals surface area contributed by atoms with Gasteiger partial charge in [-0.15, -0.1) is 6.58 Å². The number of carbonyl (C=O) groups is 1. The van der Waals surface area contributed by atoms with Crippen molar-refractivity contribution in [2.24, 2.45) is 5.92 Å². The molecule has 1 amide bonds. The largest absolute Gasteiger partial charge is 0.353 e. The summed E-state index contributed by atoms with van der Waals surface area (Å²) in [6.45, 7) is 9.82. The molecule has 0 aliphatic carbocycles. The normalized spacial score (nSPS) is 13.9. The maximum atomic E-state index is 11.4. The molecule has 104 valence electrons. The Hall–Kier alpha value is -1.09. The van der Waals surface area contributed by atoms with Crippen LogP contribution in [0.1, 0.15) is 38.7 Å². The van der Waals surface area contributed by atoms with Gasteiger partial charge in [0.25, 0.3) is 0 Å². The van der Waals surface area contributed by atoms with E-state index < -0.39 is 0 Å². The lowest BCUT2D eigenvalue weighted by atomic mass is 9.86. The Morgan fingerprint density at radius 3 is 2.37 bits per heavy atom. The molecular formula is C16H22BrNO. The van der Waals surface area contributed by atoms with Crippen molar-refractivity contribution in [3.63, 3.8) is 0 Å². The van der Waals surface area contributed by atoms with Gasteiger partial charge in [-0.05, 0) is 30.0 Å². The van der Waals surface area contributed by atoms with Gasteiger partial charge in [-0.25, -0.2) is 0 Å². The Balaban J connectivity index is 2.97. The van der Waals surface area contributed by atoms with Gasteiger partial charge in [0, 0.05) is 23.4 Å². The van der Waals surface area contributed by atoms with Crippen LogP contribution in [0.15, 0.2) is 41.4 Å². The van der Waals surface area contributed by atoms with Crippen LogP contribution >= 0.6 is 15.9 Å². The predicted molar refractivity (Wildman–Crippen MR) is 84.1 cm³/mol. The van der Waals surface area contributed by atoms with Crippen LogP contribution in [0.25, 0.3) is 0 Å². The average Bonchev–Trinajstić information content (AvgIpc) is 2.30. The Morgan fingerprint density at radius 1 is 1.37 bits per heavy atom. The minimum absolute atomic E-state index is 0.00890. The molecule has 3 heteroatoms. The molecule has 0 unspecified atom stereocenters. The first-order valence-electron chi connectivity index (χ1n) is 6.59. The molecule has 1 rings (SSSR count). The molecule has 0 aliphatic rings. The molecule has 0 radical (unpaired) electrons. The molecule has 0 aliphatic heterocycles. The Morgan fingerprint density at radius 2 is 1.95 bits per heavy atom. The number of benzene rings is 1. The minimum atomic E-state index is 0.00890. The highest BCUT2D eigenvalue weighted by Crippen LogP contribution is 2.26. The molecule has 1 N–H and O–H groups in total. The van der Waals surface area contributed by atoms with Gasteiger partial charge in [-0.3, -0.25) is 4.79 Å². The second kappa shape index (κ2) is 7.49. The van der Waals surface area contributed by atoms with Crippen LogP contribution in [-0.4, -0.2) is 11.9 Å². The lowest BCUT2D eigenvalue weighted by Crippen LogP contribution is -2.38. The first-order valence-corrected chi connectivity index (χ1v) is 7.38. The quantitative estimate of drug-likeness (QED) is 0.778. The summed E-state index contributed by atoms with van der Waals surface area (Å²) in [7, 11) is 0. The van der Waals surface area contributed by atoms with Crippen molar-refractivity contribution < 1.29 is 4.79 Å². The molecule has 0 saturated heterocycles. The maximum absolute atomic E-state index is 11.4. The monoisotopic (exact) mass is 323 g/mol. The average molecular weight is 324 g/mol. The zero-order valence-corrected chi connectivity index (χ0v) is 13.4. The number of halogens is 1. The van der Waals surface area contributed by atoms with E-state index in [1.165, 1.54) is 5.56 Å². The topological polar surface area (TPSA) is 29.1 Å². The predicted octanol–water partition coefficient (Wildman–Crippen LogP) is 4.27. The summed E-state index contributed by atoms with van der Waals surface area (Å²) in [6, 6.07) is 8.28. The van der Waals surface area contributed by atoms with Gasteiger partial charge in [-0.2, -0.15) is 0 Å². The van der Waals surface area contributed by atoms with Crippen LogP contribution in [0.4, 0.5) is 0 Å². The molecule has 0 heterocycles. The van der Waals surface area contributed by atoms with Gasteiger partial charge >= 0.3 is 0 Å². The second-order valence-corrected chi connectivity index (χ2v) is 6.17. The molecule has 1 aromatic rings. The fraction of sp³-hybridized carbons (Fsp3) is 0.438. The number of hydrogen-bond acceptors (Lipinski definition) is 1. The summed E-state index contributed by atoms with van der Waals surface area (Å²) >= 11 is 3.44. The van der Waals surface area contributed by atoms with Crippen LogP contribution in [0.5, 0.6) is 0 Å². The fourth-order valence-corrected chi connectivity index (χ4v) is 2.55. The van der Waals surface area contributed by atoms with E-state index >= 15 is 0 Å². The molecule has 2 nitrogen and oxygen atoms in total. The third kappa shape index (κ3) is 5.19. The molecular weight excluding hydrogens is 302 g/mol. The number of hydrogen-bond donors (Lipinski definition) is 1. The van der Waals surface area contributed by atoms with Gasteiger partial charge in [0.05, 0.1) is 0 Å². The van der Waals surface area contributed by atoms with E-state index in [-0.39, 0.29) is 17.9 Å². The minimum Gasteiger partial charge on any atom is -0.353 e. The van der Waals surface area contributed by atoms with Gasteiger partial charge < -0.3 is 5.32 Å². The smallest absolute Gasteiger partial charge is 0.217 e. The van der Waals surface area contributed by atoms with Crippen LogP contribution in [0, 0.1) is 5.92 Å². The number of rotatable bonds is 6. The van der Waals surface area contributed by atoms with E-state index in [9.17, 15) is 4.79 Å². The lowest BCUT2D eigenvalue weighted by Gasteiger charge is -2.27. The first kappa shape index (κ1) is 16.0. The number of amides is 1. The van der Waals surface area contributed by atoms with Crippen LogP contribution < -0.4 is 5.32 Å². The summed E-state index contributed by atoms with van der Waals surface area (Å²) in [6.07, 6.45) is 2.86. The van der Waals surface area contributed by atoms with Crippen molar-refractivity contribution in [1.29, 1.82) is 0 Å². The molecule has 0 fully saturated rings. The third-order valence-corrected chi connectivity index (χ3v) is 3.58. The van der Waals surface area contributed by atoms with E-state index in [1.54, 1.807) is 6.92 Å². The second-order valence-electron chi connectivity index (χ2n) is 5.25. The standard InChI is InChI=1S/C16H22BrNO/c1-5-15(13-6-8-14(17)9-7-13)16(10-11(2)3)18-12(4)19/h5-9,11,15-16H,1,10H2,2-4H3,(H,18,19)/t15-,16+/m1/s1. The van der Waals surface area contributed by atoms with Gasteiger partial charge in [0.15, 0.2) is 0 Å². The Kier molecular flexibility index (Phi) is 6.29. The molecule has 0 spiro atoms. The van der Waals surface area contributed by atoms with Gasteiger partial charge in [0.1, 0.15) is 0 Å². The highest BCUT2D eigenvalue weighted by Gasteiger charge is 2.22. The zero-order chi connectivity index (χ0) is 14.4. The zero-order valence-electron chi connectivity index (χ0n) is 11.8. The first-order chi connectivity index (χ1) is 8.93. The third-order valence-electron chi connectivity index (χ3n) is 3.06. The SMILES string of the molecule is C=C[C@H](c1ccc(Br)cc1)[C@H](CC(C)C)NC(C)=O. The molecule has 1 aromatic carbocycles. The van der Waals surface area contributed by atoms with Crippen LogP contribution in [-0.2, 0) is 4.79 Å². The van der Waals surface area contributed by atoms with E-state index in [0.29, 0.717) is 5.92 Å². The van der Waals surface area contributed by atoms with Crippen molar-refractivity contribution in [3.8, 4) is 0 Å². The molecule has 0 bridgehead atoms. The molecule has 19 heavy (non-hydrogen) atoms. The van der Waals surface area contributed by atoms with E-state index in [2.05, 4.69) is 53.8 Å². The summed E-state index contributed by atoms with van der Waals surface area (Å²) in [5.74, 6) is 0.670. The van der Waals surface area contributed by atoms with Gasteiger partial charge in [-0.1, -0.05) is 48.0 Å². The van der Waals surface area contributed by atoms with Crippen molar-refractivity contribution in [2.75, 3.05) is 0 Å². The molecule has 0 aromatic heterocycles. The van der Waals surface area contributed by atoms with Crippen LogP contribution in [0.3, 0.4) is 0 Å².